The zero-order valence-corrected chi connectivity index (χ0v) is 11.9. The third kappa shape index (κ3) is 3.44. The maximum absolute atomic E-state index is 12.9. The van der Waals surface area contributed by atoms with E-state index in [1.54, 1.807) is 19.2 Å². The molecular formula is C15H18FN3O. The van der Waals surface area contributed by atoms with Crippen LogP contribution in [0.1, 0.15) is 18.1 Å². The van der Waals surface area contributed by atoms with Crippen molar-refractivity contribution in [1.82, 2.24) is 9.97 Å². The highest BCUT2D eigenvalue weighted by molar-refractivity contribution is 5.48. The molecule has 0 aliphatic heterocycles. The van der Waals surface area contributed by atoms with Gasteiger partial charge in [-0.2, -0.15) is 0 Å². The Hall–Kier alpha value is -2.17. The van der Waals surface area contributed by atoms with Gasteiger partial charge in [0.2, 0.25) is 5.88 Å². The van der Waals surface area contributed by atoms with Crippen molar-refractivity contribution in [2.45, 2.75) is 26.3 Å². The molecule has 1 unspecified atom stereocenters. The second-order valence-electron chi connectivity index (χ2n) is 4.73. The van der Waals surface area contributed by atoms with E-state index in [-0.39, 0.29) is 11.9 Å². The minimum atomic E-state index is -0.217. The van der Waals surface area contributed by atoms with Crippen LogP contribution < -0.4 is 10.1 Å². The van der Waals surface area contributed by atoms with Crippen molar-refractivity contribution in [3.63, 3.8) is 0 Å². The number of hydrogen-bond acceptors (Lipinski definition) is 4. The van der Waals surface area contributed by atoms with Crippen molar-refractivity contribution in [1.29, 1.82) is 0 Å². The zero-order chi connectivity index (χ0) is 14.5. The lowest BCUT2D eigenvalue weighted by Gasteiger charge is -2.16. The van der Waals surface area contributed by atoms with Gasteiger partial charge in [0.15, 0.2) is 0 Å². The Morgan fingerprint density at radius 2 is 1.95 bits per heavy atom. The third-order valence-corrected chi connectivity index (χ3v) is 3.07. The van der Waals surface area contributed by atoms with Crippen LogP contribution in [-0.4, -0.2) is 23.1 Å². The molecule has 0 saturated heterocycles. The molecule has 5 heteroatoms. The number of nitrogens with zero attached hydrogens (tertiary/aromatic N) is 2. The van der Waals surface area contributed by atoms with Crippen LogP contribution in [0.15, 0.2) is 30.6 Å². The van der Waals surface area contributed by atoms with E-state index < -0.39 is 0 Å². The lowest BCUT2D eigenvalue weighted by Crippen LogP contribution is -2.20. The van der Waals surface area contributed by atoms with E-state index in [9.17, 15) is 4.39 Å². The van der Waals surface area contributed by atoms with Crippen LogP contribution in [0.2, 0.25) is 0 Å². The highest BCUT2D eigenvalue weighted by Gasteiger charge is 2.10. The highest BCUT2D eigenvalue weighted by Crippen LogP contribution is 2.21. The van der Waals surface area contributed by atoms with Gasteiger partial charge >= 0.3 is 0 Å². The van der Waals surface area contributed by atoms with Crippen LogP contribution in [-0.2, 0) is 6.42 Å². The number of rotatable bonds is 5. The summed E-state index contributed by atoms with van der Waals surface area (Å²) in [6.45, 7) is 3.96. The molecule has 1 aromatic heterocycles. The standard InChI is InChI=1S/C15H18FN3O/c1-10(8-12-4-6-13(16)7-5-12)19-14-11(2)15(20-3)18-9-17-14/h4-7,9-10H,8H2,1-3H3,(H,17,18,19). The van der Waals surface area contributed by atoms with Gasteiger partial charge in [-0.3, -0.25) is 0 Å². The molecule has 1 heterocycles. The fourth-order valence-electron chi connectivity index (χ4n) is 2.04. The fourth-order valence-corrected chi connectivity index (χ4v) is 2.04. The van der Waals surface area contributed by atoms with Gasteiger partial charge in [-0.1, -0.05) is 12.1 Å². The smallest absolute Gasteiger partial charge is 0.221 e. The Kier molecular flexibility index (Phi) is 4.50. The van der Waals surface area contributed by atoms with Gasteiger partial charge in [-0.15, -0.1) is 0 Å². The van der Waals surface area contributed by atoms with Gasteiger partial charge < -0.3 is 10.1 Å². The molecule has 0 fully saturated rings. The SMILES string of the molecule is COc1ncnc(NC(C)Cc2ccc(F)cc2)c1C. The molecule has 106 valence electrons. The summed E-state index contributed by atoms with van der Waals surface area (Å²) in [5, 5.41) is 3.32. The number of ether oxygens (including phenoxy) is 1. The quantitative estimate of drug-likeness (QED) is 0.911. The van der Waals surface area contributed by atoms with Crippen LogP contribution in [0.3, 0.4) is 0 Å². The van der Waals surface area contributed by atoms with Crippen molar-refractivity contribution in [3.05, 3.63) is 47.5 Å². The van der Waals surface area contributed by atoms with Gasteiger partial charge in [0, 0.05) is 6.04 Å². The van der Waals surface area contributed by atoms with E-state index in [0.29, 0.717) is 5.88 Å². The Balaban J connectivity index is 2.04. The maximum atomic E-state index is 12.9. The Labute approximate surface area is 118 Å². The van der Waals surface area contributed by atoms with E-state index in [2.05, 4.69) is 22.2 Å². The second-order valence-corrected chi connectivity index (χ2v) is 4.73. The molecule has 0 bridgehead atoms. The Morgan fingerprint density at radius 3 is 2.60 bits per heavy atom. The highest BCUT2D eigenvalue weighted by atomic mass is 19.1. The largest absolute Gasteiger partial charge is 0.481 e. The number of aromatic nitrogens is 2. The lowest BCUT2D eigenvalue weighted by atomic mass is 10.1. The molecule has 0 saturated carbocycles. The molecule has 2 rings (SSSR count). The van der Waals surface area contributed by atoms with Crippen molar-refractivity contribution in [3.8, 4) is 5.88 Å². The first-order valence-corrected chi connectivity index (χ1v) is 6.46. The summed E-state index contributed by atoms with van der Waals surface area (Å²) in [7, 11) is 1.58. The van der Waals surface area contributed by atoms with Gasteiger partial charge in [0.05, 0.1) is 12.7 Å². The number of methoxy groups -OCH3 is 1. The zero-order valence-electron chi connectivity index (χ0n) is 11.9. The molecule has 4 nitrogen and oxygen atoms in total. The molecule has 2 aromatic rings. The molecule has 0 radical (unpaired) electrons. The summed E-state index contributed by atoms with van der Waals surface area (Å²) in [5.74, 6) is 1.11. The fraction of sp³-hybridized carbons (Fsp3) is 0.333. The molecule has 1 atom stereocenters. The lowest BCUT2D eigenvalue weighted by molar-refractivity contribution is 0.393. The summed E-state index contributed by atoms with van der Waals surface area (Å²) >= 11 is 0. The third-order valence-electron chi connectivity index (χ3n) is 3.07. The topological polar surface area (TPSA) is 47.0 Å². The summed E-state index contributed by atoms with van der Waals surface area (Å²) in [5.41, 5.74) is 1.95. The summed E-state index contributed by atoms with van der Waals surface area (Å²) in [4.78, 5) is 8.26. The Bertz CT molecular complexity index is 572. The average molecular weight is 275 g/mol. The van der Waals surface area contributed by atoms with Crippen molar-refractivity contribution < 1.29 is 9.13 Å². The first-order chi connectivity index (χ1) is 9.60. The molecular weight excluding hydrogens is 257 g/mol. The predicted molar refractivity (Wildman–Crippen MR) is 76.5 cm³/mol. The first-order valence-electron chi connectivity index (χ1n) is 6.46. The molecule has 1 N–H and O–H groups in total. The number of halogens is 1. The summed E-state index contributed by atoms with van der Waals surface area (Å²) in [6.07, 6.45) is 2.25. The number of nitrogens with one attached hydrogen (secondary N) is 1. The van der Waals surface area contributed by atoms with Crippen molar-refractivity contribution >= 4 is 5.82 Å². The molecule has 0 aliphatic carbocycles. The van der Waals surface area contributed by atoms with Crippen LogP contribution in [0.25, 0.3) is 0 Å². The normalized spacial score (nSPS) is 12.0. The molecule has 20 heavy (non-hydrogen) atoms. The van der Waals surface area contributed by atoms with E-state index in [4.69, 9.17) is 4.74 Å². The van der Waals surface area contributed by atoms with Crippen LogP contribution >= 0.6 is 0 Å². The van der Waals surface area contributed by atoms with Gasteiger partial charge in [0.1, 0.15) is 18.0 Å². The van der Waals surface area contributed by atoms with E-state index in [0.717, 1.165) is 23.4 Å². The number of hydrogen-bond donors (Lipinski definition) is 1. The van der Waals surface area contributed by atoms with Crippen molar-refractivity contribution in [2.75, 3.05) is 12.4 Å². The summed E-state index contributed by atoms with van der Waals surface area (Å²) < 4.78 is 18.0. The molecule has 0 amide bonds. The molecule has 1 aromatic carbocycles. The number of benzene rings is 1. The molecule has 0 aliphatic rings. The van der Waals surface area contributed by atoms with Gasteiger partial charge in [-0.25, -0.2) is 14.4 Å². The predicted octanol–water partition coefficient (Wildman–Crippen LogP) is 2.98. The maximum Gasteiger partial charge on any atom is 0.221 e. The molecule has 0 spiro atoms. The second kappa shape index (κ2) is 6.32. The van der Waals surface area contributed by atoms with E-state index in [1.807, 2.05) is 6.92 Å². The number of anilines is 1. The monoisotopic (exact) mass is 275 g/mol. The minimum Gasteiger partial charge on any atom is -0.481 e. The van der Waals surface area contributed by atoms with Crippen LogP contribution in [0, 0.1) is 12.7 Å². The van der Waals surface area contributed by atoms with E-state index in [1.165, 1.54) is 18.5 Å². The van der Waals surface area contributed by atoms with Crippen LogP contribution in [0.5, 0.6) is 5.88 Å². The first kappa shape index (κ1) is 14.2. The average Bonchev–Trinajstić information content (AvgIpc) is 2.44. The van der Waals surface area contributed by atoms with Gasteiger partial charge in [-0.05, 0) is 38.0 Å². The van der Waals surface area contributed by atoms with E-state index >= 15 is 0 Å². The van der Waals surface area contributed by atoms with Crippen molar-refractivity contribution in [2.24, 2.45) is 0 Å². The van der Waals surface area contributed by atoms with Gasteiger partial charge in [0.25, 0.3) is 0 Å². The van der Waals surface area contributed by atoms with Crippen LogP contribution in [0.4, 0.5) is 10.2 Å². The Morgan fingerprint density at radius 1 is 1.25 bits per heavy atom. The summed E-state index contributed by atoms with van der Waals surface area (Å²) in [6, 6.07) is 6.70. The minimum absolute atomic E-state index is 0.166.